The molecule has 4 aliphatic rings. The van der Waals surface area contributed by atoms with E-state index < -0.39 is 17.7 Å². The van der Waals surface area contributed by atoms with Crippen molar-refractivity contribution in [2.75, 3.05) is 47.4 Å². The predicted octanol–water partition coefficient (Wildman–Crippen LogP) is 8.06. The maximum absolute atomic E-state index is 12.9. The van der Waals surface area contributed by atoms with Crippen LogP contribution in [0.15, 0.2) is 30.5 Å². The van der Waals surface area contributed by atoms with Crippen LogP contribution in [0.4, 0.5) is 17.5 Å². The molecule has 0 radical (unpaired) electrons. The van der Waals surface area contributed by atoms with E-state index in [1.165, 1.54) is 43.2 Å². The Bertz CT molecular complexity index is 1740. The van der Waals surface area contributed by atoms with Gasteiger partial charge in [-0.05, 0) is 113 Å². The molecule has 0 bridgehead atoms. The van der Waals surface area contributed by atoms with Crippen molar-refractivity contribution in [1.82, 2.24) is 15.0 Å². The van der Waals surface area contributed by atoms with Gasteiger partial charge in [-0.1, -0.05) is 38.5 Å². The van der Waals surface area contributed by atoms with Crippen molar-refractivity contribution in [2.45, 2.75) is 118 Å². The third-order valence-electron chi connectivity index (χ3n) is 12.0. The van der Waals surface area contributed by atoms with Gasteiger partial charge < -0.3 is 24.5 Å². The Morgan fingerprint density at radius 3 is 2.20 bits per heavy atom. The highest BCUT2D eigenvalue weighted by Crippen LogP contribution is 2.49. The summed E-state index contributed by atoms with van der Waals surface area (Å²) in [6.07, 6.45) is 10.5. The number of fused-ring (bicyclic) bond motifs is 1. The van der Waals surface area contributed by atoms with Crippen LogP contribution in [0.5, 0.6) is 0 Å². The Morgan fingerprint density at radius 1 is 0.860 bits per heavy atom. The molecule has 1 N–H and O–H groups in total. The van der Waals surface area contributed by atoms with Crippen molar-refractivity contribution in [2.24, 2.45) is 10.8 Å². The monoisotopic (exact) mass is 680 g/mol. The van der Waals surface area contributed by atoms with Crippen LogP contribution in [0, 0.1) is 24.7 Å². The number of carboxylic acids is 1. The molecular weight excluding hydrogens is 624 g/mol. The van der Waals surface area contributed by atoms with E-state index in [4.69, 9.17) is 19.7 Å². The zero-order chi connectivity index (χ0) is 35.4. The van der Waals surface area contributed by atoms with Gasteiger partial charge in [-0.2, -0.15) is 4.98 Å². The standard InChI is InChI=1S/C41H56N6O3/c1-27-33(35(46-21-15-40(6,7)16-22-46)34(28(2)43-27)36(37(48)49)50-39(3,4)5)30-9-10-31-26-47(20-12-29(31)25-30)38-42-19-11-32(44-38)45-23-17-41(18-24-45)13-8-14-41/h9-11,19,25,36H,8,12-18,20-24,26H2,1-7H3,(H,48,49)/t36-/m0/s1. The summed E-state index contributed by atoms with van der Waals surface area (Å²) in [6.45, 7) is 19.9. The molecule has 1 saturated carbocycles. The van der Waals surface area contributed by atoms with Crippen LogP contribution in [0.25, 0.3) is 11.1 Å². The van der Waals surface area contributed by atoms with Gasteiger partial charge in [-0.3, -0.25) is 4.98 Å². The van der Waals surface area contributed by atoms with Gasteiger partial charge in [0.15, 0.2) is 6.10 Å². The minimum atomic E-state index is -1.13. The fourth-order valence-corrected chi connectivity index (χ4v) is 8.69. The lowest BCUT2D eigenvalue weighted by atomic mass is 9.63. The van der Waals surface area contributed by atoms with Gasteiger partial charge in [0.25, 0.3) is 0 Å². The molecule has 268 valence electrons. The van der Waals surface area contributed by atoms with Crippen molar-refractivity contribution >= 4 is 23.4 Å². The molecule has 1 spiro atoms. The Kier molecular flexibility index (Phi) is 9.11. The number of hydrogen-bond acceptors (Lipinski definition) is 8. The van der Waals surface area contributed by atoms with Crippen molar-refractivity contribution in [3.05, 3.63) is 58.5 Å². The Balaban J connectivity index is 1.20. The number of carboxylic acid groups (broad SMARTS) is 1. The Labute approximate surface area is 298 Å². The number of aromatic nitrogens is 3. The van der Waals surface area contributed by atoms with E-state index in [-0.39, 0.29) is 5.41 Å². The molecule has 2 saturated heterocycles. The SMILES string of the molecule is Cc1nc(C)c([C@H](OC(C)(C)C)C(=O)O)c(N2CCC(C)(C)CC2)c1-c1ccc2c(c1)CCN(c1nccc(N3CCC4(CCC4)CC3)n1)C2. The average molecular weight is 681 g/mol. The van der Waals surface area contributed by atoms with Crippen LogP contribution < -0.4 is 14.7 Å². The number of anilines is 3. The minimum Gasteiger partial charge on any atom is -0.479 e. The number of pyridine rings is 1. The molecule has 3 fully saturated rings. The minimum absolute atomic E-state index is 0.246. The van der Waals surface area contributed by atoms with Gasteiger partial charge >= 0.3 is 5.97 Å². The van der Waals surface area contributed by atoms with E-state index in [0.717, 1.165) is 92.8 Å². The summed E-state index contributed by atoms with van der Waals surface area (Å²) in [7, 11) is 0. The van der Waals surface area contributed by atoms with Crippen molar-refractivity contribution in [3.63, 3.8) is 0 Å². The van der Waals surface area contributed by atoms with Gasteiger partial charge in [-0.25, -0.2) is 9.78 Å². The van der Waals surface area contributed by atoms with Crippen LogP contribution in [0.1, 0.15) is 114 Å². The number of carbonyl (C=O) groups is 1. The molecule has 50 heavy (non-hydrogen) atoms. The summed E-state index contributed by atoms with van der Waals surface area (Å²) in [5.41, 5.74) is 8.15. The second-order valence-electron chi connectivity index (χ2n) is 17.2. The maximum atomic E-state index is 12.9. The number of rotatable bonds is 7. The third-order valence-corrected chi connectivity index (χ3v) is 12.0. The third kappa shape index (κ3) is 6.95. The second-order valence-corrected chi connectivity index (χ2v) is 17.2. The van der Waals surface area contributed by atoms with Gasteiger partial charge in [0.1, 0.15) is 5.82 Å². The Hall–Kier alpha value is -3.72. The zero-order valence-corrected chi connectivity index (χ0v) is 31.3. The number of aliphatic carboxylic acids is 1. The largest absolute Gasteiger partial charge is 0.479 e. The summed E-state index contributed by atoms with van der Waals surface area (Å²) >= 11 is 0. The van der Waals surface area contributed by atoms with Crippen molar-refractivity contribution in [1.29, 1.82) is 0 Å². The van der Waals surface area contributed by atoms with Crippen molar-refractivity contribution < 1.29 is 14.6 Å². The summed E-state index contributed by atoms with van der Waals surface area (Å²) in [5, 5.41) is 10.6. The second kappa shape index (κ2) is 13.1. The van der Waals surface area contributed by atoms with Crippen molar-refractivity contribution in [3.8, 4) is 11.1 Å². The molecule has 0 amide bonds. The van der Waals surface area contributed by atoms with E-state index in [0.29, 0.717) is 16.7 Å². The highest BCUT2D eigenvalue weighted by atomic mass is 16.5. The van der Waals surface area contributed by atoms with Crippen LogP contribution in [0.2, 0.25) is 0 Å². The zero-order valence-electron chi connectivity index (χ0n) is 31.3. The van der Waals surface area contributed by atoms with Crippen LogP contribution in [0.3, 0.4) is 0 Å². The van der Waals surface area contributed by atoms with E-state index in [1.54, 1.807) is 0 Å². The topological polar surface area (TPSA) is 94.9 Å². The number of benzene rings is 1. The number of nitrogens with zero attached hydrogens (tertiary/aromatic N) is 6. The van der Waals surface area contributed by atoms with Gasteiger partial charge in [0, 0.05) is 68.0 Å². The molecule has 3 aromatic rings. The normalized spacial score (nSPS) is 20.7. The molecule has 7 rings (SSSR count). The molecule has 9 nitrogen and oxygen atoms in total. The first-order valence-corrected chi connectivity index (χ1v) is 18.8. The number of ether oxygens (including phenoxy) is 1. The number of aryl methyl sites for hydroxylation is 2. The smallest absolute Gasteiger partial charge is 0.337 e. The first-order valence-electron chi connectivity index (χ1n) is 18.8. The lowest BCUT2D eigenvalue weighted by molar-refractivity contribution is -0.160. The van der Waals surface area contributed by atoms with E-state index >= 15 is 0 Å². The van der Waals surface area contributed by atoms with Gasteiger partial charge in [0.05, 0.1) is 11.3 Å². The van der Waals surface area contributed by atoms with Gasteiger partial charge in [0.2, 0.25) is 5.95 Å². The summed E-state index contributed by atoms with van der Waals surface area (Å²) in [6, 6.07) is 8.83. The fourth-order valence-electron chi connectivity index (χ4n) is 8.69. The molecule has 1 aromatic carbocycles. The molecule has 5 heterocycles. The van der Waals surface area contributed by atoms with Gasteiger partial charge in [-0.15, -0.1) is 0 Å². The molecule has 1 atom stereocenters. The van der Waals surface area contributed by atoms with Crippen LogP contribution in [-0.2, 0) is 22.5 Å². The summed E-state index contributed by atoms with van der Waals surface area (Å²) in [5.74, 6) is 0.864. The van der Waals surface area contributed by atoms with E-state index in [1.807, 2.05) is 33.9 Å². The van der Waals surface area contributed by atoms with Crippen LogP contribution >= 0.6 is 0 Å². The molecule has 0 unspecified atom stereocenters. The number of hydrogen-bond donors (Lipinski definition) is 1. The highest BCUT2D eigenvalue weighted by Gasteiger charge is 2.40. The summed E-state index contributed by atoms with van der Waals surface area (Å²) < 4.78 is 6.29. The maximum Gasteiger partial charge on any atom is 0.337 e. The lowest BCUT2D eigenvalue weighted by Crippen LogP contribution is -2.44. The van der Waals surface area contributed by atoms with E-state index in [9.17, 15) is 9.90 Å². The average Bonchev–Trinajstić information content (AvgIpc) is 3.06. The first kappa shape index (κ1) is 34.7. The molecule has 1 aliphatic carbocycles. The highest BCUT2D eigenvalue weighted by molar-refractivity contribution is 5.88. The lowest BCUT2D eigenvalue weighted by Gasteiger charge is -2.48. The predicted molar refractivity (Wildman–Crippen MR) is 200 cm³/mol. The quantitative estimate of drug-likeness (QED) is 0.266. The fraction of sp³-hybridized carbons (Fsp3) is 0.610. The van der Waals surface area contributed by atoms with Crippen LogP contribution in [-0.4, -0.2) is 64.4 Å². The summed E-state index contributed by atoms with van der Waals surface area (Å²) in [4.78, 5) is 34.9. The molecule has 3 aliphatic heterocycles. The Morgan fingerprint density at radius 2 is 1.56 bits per heavy atom. The molecule has 2 aromatic heterocycles. The number of piperidine rings is 2. The van der Waals surface area contributed by atoms with E-state index in [2.05, 4.69) is 59.7 Å². The first-order chi connectivity index (χ1) is 23.7. The molecular formula is C41H56N6O3. The molecule has 9 heteroatoms.